The summed E-state index contributed by atoms with van der Waals surface area (Å²) in [6.45, 7) is 1.96. The lowest BCUT2D eigenvalue weighted by Gasteiger charge is -2.15. The average molecular weight is 435 g/mol. The molecular formula is C20H19FN2O4S2. The molecule has 29 heavy (non-hydrogen) atoms. The molecule has 3 rings (SSSR count). The lowest BCUT2D eigenvalue weighted by molar-refractivity contribution is 0.598. The highest BCUT2D eigenvalue weighted by Gasteiger charge is 2.19. The Balaban J connectivity index is 1.89. The Morgan fingerprint density at radius 2 is 1.10 bits per heavy atom. The first-order valence-electron chi connectivity index (χ1n) is 8.70. The Labute approximate surface area is 169 Å². The molecule has 152 valence electrons. The number of benzene rings is 3. The van der Waals surface area contributed by atoms with Crippen molar-refractivity contribution in [2.75, 3.05) is 9.44 Å². The van der Waals surface area contributed by atoms with Gasteiger partial charge < -0.3 is 0 Å². The molecule has 0 amide bonds. The summed E-state index contributed by atoms with van der Waals surface area (Å²) in [5.41, 5.74) is 1.11. The number of nitrogens with one attached hydrogen (secondary N) is 2. The van der Waals surface area contributed by atoms with Crippen LogP contribution in [0.3, 0.4) is 0 Å². The van der Waals surface area contributed by atoms with Crippen molar-refractivity contribution < 1.29 is 21.2 Å². The van der Waals surface area contributed by atoms with E-state index in [2.05, 4.69) is 9.44 Å². The van der Waals surface area contributed by atoms with Gasteiger partial charge in [0.15, 0.2) is 0 Å². The third-order valence-electron chi connectivity index (χ3n) is 4.18. The zero-order valence-corrected chi connectivity index (χ0v) is 17.1. The monoisotopic (exact) mass is 434 g/mol. The van der Waals surface area contributed by atoms with Gasteiger partial charge in [-0.3, -0.25) is 9.44 Å². The molecule has 0 saturated carbocycles. The van der Waals surface area contributed by atoms with E-state index in [9.17, 15) is 21.2 Å². The molecule has 2 N–H and O–H groups in total. The molecule has 0 atom stereocenters. The minimum absolute atomic E-state index is 0.0468. The van der Waals surface area contributed by atoms with E-state index < -0.39 is 25.9 Å². The number of halogens is 1. The predicted molar refractivity (Wildman–Crippen MR) is 110 cm³/mol. The Kier molecular flexibility index (Phi) is 5.90. The van der Waals surface area contributed by atoms with Crippen LogP contribution in [0.25, 0.3) is 0 Å². The normalized spacial score (nSPS) is 11.8. The first-order chi connectivity index (χ1) is 13.7. The minimum Gasteiger partial charge on any atom is -0.277 e. The van der Waals surface area contributed by atoms with Crippen molar-refractivity contribution >= 4 is 31.4 Å². The van der Waals surface area contributed by atoms with Crippen molar-refractivity contribution in [2.45, 2.75) is 23.1 Å². The Hall–Kier alpha value is -2.91. The fourth-order valence-electron chi connectivity index (χ4n) is 2.59. The van der Waals surface area contributed by atoms with Gasteiger partial charge in [0.1, 0.15) is 5.82 Å². The predicted octanol–water partition coefficient (Wildman–Crippen LogP) is 3.99. The van der Waals surface area contributed by atoms with Crippen molar-refractivity contribution in [3.8, 4) is 0 Å². The van der Waals surface area contributed by atoms with Gasteiger partial charge in [-0.2, -0.15) is 0 Å². The molecule has 9 heteroatoms. The smallest absolute Gasteiger partial charge is 0.261 e. The highest BCUT2D eigenvalue weighted by Crippen LogP contribution is 2.27. The second-order valence-electron chi connectivity index (χ2n) is 6.21. The maximum atomic E-state index is 13.1. The third kappa shape index (κ3) is 4.93. The average Bonchev–Trinajstić information content (AvgIpc) is 2.69. The fourth-order valence-corrected chi connectivity index (χ4v) is 4.75. The molecule has 0 saturated heterocycles. The molecule has 0 aliphatic heterocycles. The number of sulfonamides is 2. The minimum atomic E-state index is -4.03. The maximum Gasteiger partial charge on any atom is 0.261 e. The highest BCUT2D eigenvalue weighted by molar-refractivity contribution is 7.93. The molecule has 0 radical (unpaired) electrons. The molecule has 3 aromatic carbocycles. The van der Waals surface area contributed by atoms with Crippen LogP contribution in [0.15, 0.2) is 82.6 Å². The molecule has 0 aliphatic rings. The number of aryl methyl sites for hydroxylation is 1. The molecule has 6 nitrogen and oxygen atoms in total. The van der Waals surface area contributed by atoms with Gasteiger partial charge in [0.25, 0.3) is 20.0 Å². The highest BCUT2D eigenvalue weighted by atomic mass is 32.2. The topological polar surface area (TPSA) is 92.3 Å². The number of anilines is 2. The van der Waals surface area contributed by atoms with Gasteiger partial charge in [0.05, 0.1) is 21.2 Å². The van der Waals surface area contributed by atoms with Crippen LogP contribution in [-0.4, -0.2) is 16.8 Å². The van der Waals surface area contributed by atoms with Crippen molar-refractivity contribution in [1.29, 1.82) is 0 Å². The molecule has 0 spiro atoms. The van der Waals surface area contributed by atoms with E-state index >= 15 is 0 Å². The van der Waals surface area contributed by atoms with Gasteiger partial charge >= 0.3 is 0 Å². The van der Waals surface area contributed by atoms with Crippen LogP contribution >= 0.6 is 0 Å². The van der Waals surface area contributed by atoms with Crippen molar-refractivity contribution in [3.05, 3.63) is 84.2 Å². The van der Waals surface area contributed by atoms with E-state index in [0.29, 0.717) is 0 Å². The summed E-state index contributed by atoms with van der Waals surface area (Å²) in [4.78, 5) is -0.0855. The van der Waals surface area contributed by atoms with Crippen LogP contribution in [0.4, 0.5) is 15.8 Å². The Morgan fingerprint density at radius 1 is 0.690 bits per heavy atom. The lowest BCUT2D eigenvalue weighted by Crippen LogP contribution is -2.17. The van der Waals surface area contributed by atoms with E-state index in [4.69, 9.17) is 0 Å². The number of hydrogen-bond donors (Lipinski definition) is 2. The summed E-state index contributed by atoms with van der Waals surface area (Å²) in [5.74, 6) is -0.564. The Morgan fingerprint density at radius 3 is 1.52 bits per heavy atom. The van der Waals surface area contributed by atoms with E-state index in [1.165, 1.54) is 24.3 Å². The molecule has 0 heterocycles. The molecule has 0 bridgehead atoms. The van der Waals surface area contributed by atoms with Crippen LogP contribution in [0.5, 0.6) is 0 Å². The van der Waals surface area contributed by atoms with Crippen LogP contribution in [0.2, 0.25) is 0 Å². The van der Waals surface area contributed by atoms with Gasteiger partial charge in [0.2, 0.25) is 0 Å². The third-order valence-corrected chi connectivity index (χ3v) is 6.94. The first-order valence-corrected chi connectivity index (χ1v) is 11.7. The van der Waals surface area contributed by atoms with Gasteiger partial charge in [-0.1, -0.05) is 31.2 Å². The zero-order valence-electron chi connectivity index (χ0n) is 15.5. The molecule has 0 aliphatic carbocycles. The maximum absolute atomic E-state index is 13.1. The van der Waals surface area contributed by atoms with Gasteiger partial charge in [-0.15, -0.1) is 0 Å². The van der Waals surface area contributed by atoms with Crippen LogP contribution in [0, 0.1) is 5.82 Å². The summed E-state index contributed by atoms with van der Waals surface area (Å²) in [5, 5.41) is 0. The molecule has 0 aromatic heterocycles. The van der Waals surface area contributed by atoms with Crippen molar-refractivity contribution in [3.63, 3.8) is 0 Å². The largest absolute Gasteiger partial charge is 0.277 e. The summed E-state index contributed by atoms with van der Waals surface area (Å²) in [6, 6.07) is 16.8. The molecule has 3 aromatic rings. The van der Waals surface area contributed by atoms with Crippen molar-refractivity contribution in [2.24, 2.45) is 0 Å². The van der Waals surface area contributed by atoms with Crippen LogP contribution in [0.1, 0.15) is 12.5 Å². The second-order valence-corrected chi connectivity index (χ2v) is 9.57. The first kappa shape index (κ1) is 20.8. The second kappa shape index (κ2) is 8.22. The van der Waals surface area contributed by atoms with E-state index in [1.807, 2.05) is 6.92 Å². The standard InChI is InChI=1S/C20H19FN2O4S2/c1-2-15-7-11-17(12-8-15)28(24,25)22-19-5-3-4-6-20(19)23-29(26,27)18-13-9-16(21)10-14-18/h3-14,22-23H,2H2,1H3. The number of para-hydroxylation sites is 2. The van der Waals surface area contributed by atoms with Gasteiger partial charge in [-0.05, 0) is 60.5 Å². The van der Waals surface area contributed by atoms with E-state index in [-0.39, 0.29) is 21.2 Å². The molecular weight excluding hydrogens is 415 g/mol. The Bertz CT molecular complexity index is 1210. The molecule has 0 unspecified atom stereocenters. The SMILES string of the molecule is CCc1ccc(S(=O)(=O)Nc2ccccc2NS(=O)(=O)c2ccc(F)cc2)cc1. The summed E-state index contributed by atoms with van der Waals surface area (Å²) in [7, 11) is -7.95. The summed E-state index contributed by atoms with van der Waals surface area (Å²) >= 11 is 0. The summed E-state index contributed by atoms with van der Waals surface area (Å²) < 4.78 is 68.3. The number of rotatable bonds is 7. The van der Waals surface area contributed by atoms with Gasteiger partial charge in [-0.25, -0.2) is 21.2 Å². The summed E-state index contributed by atoms with van der Waals surface area (Å²) in [6.07, 6.45) is 0.780. The van der Waals surface area contributed by atoms with Gasteiger partial charge in [0, 0.05) is 0 Å². The lowest BCUT2D eigenvalue weighted by atomic mass is 10.2. The van der Waals surface area contributed by atoms with Crippen molar-refractivity contribution in [1.82, 2.24) is 0 Å². The fraction of sp³-hybridized carbons (Fsp3) is 0.100. The van der Waals surface area contributed by atoms with E-state index in [1.54, 1.807) is 24.3 Å². The van der Waals surface area contributed by atoms with E-state index in [0.717, 1.165) is 36.2 Å². The van der Waals surface area contributed by atoms with Crippen LogP contribution < -0.4 is 9.44 Å². The zero-order chi connectivity index (χ0) is 21.1. The quantitative estimate of drug-likeness (QED) is 0.588. The number of hydrogen-bond acceptors (Lipinski definition) is 4. The van der Waals surface area contributed by atoms with Crippen LogP contribution in [-0.2, 0) is 26.5 Å². The molecule has 0 fully saturated rings.